The van der Waals surface area contributed by atoms with Crippen molar-refractivity contribution in [2.45, 2.75) is 111 Å². The summed E-state index contributed by atoms with van der Waals surface area (Å²) in [4.78, 5) is 29.7. The molecule has 0 atom stereocenters. The van der Waals surface area contributed by atoms with Crippen molar-refractivity contribution in [1.82, 2.24) is 0 Å². The van der Waals surface area contributed by atoms with Crippen molar-refractivity contribution in [3.63, 3.8) is 0 Å². The van der Waals surface area contributed by atoms with Crippen molar-refractivity contribution in [3.05, 3.63) is 12.2 Å². The van der Waals surface area contributed by atoms with Crippen LogP contribution in [0.4, 0.5) is 0 Å². The molecule has 0 aromatic carbocycles. The van der Waals surface area contributed by atoms with Crippen LogP contribution in [0, 0.1) is 5.41 Å². The predicted molar refractivity (Wildman–Crippen MR) is 138 cm³/mol. The van der Waals surface area contributed by atoms with Crippen molar-refractivity contribution in [1.29, 1.82) is 0 Å². The molecule has 0 saturated carbocycles. The first-order valence-corrected chi connectivity index (χ1v) is 12.6. The second-order valence-electron chi connectivity index (χ2n) is 8.53. The maximum atomic E-state index is 10.0. The largest absolute Gasteiger partial charge is 0.481 e. The van der Waals surface area contributed by atoms with E-state index in [0.29, 0.717) is 19.3 Å². The monoisotopic (exact) mass is 508 g/mol. The Bertz CT molecular complexity index is 461. The van der Waals surface area contributed by atoms with Gasteiger partial charge in [-0.05, 0) is 26.2 Å². The Balaban J connectivity index is -0.000000186. The zero-order valence-corrected chi connectivity index (χ0v) is 22.4. The first kappa shape index (κ1) is 40.2. The van der Waals surface area contributed by atoms with E-state index in [2.05, 4.69) is 20.4 Å². The summed E-state index contributed by atoms with van der Waals surface area (Å²) < 4.78 is 0. The van der Waals surface area contributed by atoms with E-state index in [1.165, 1.54) is 45.4 Å². The Hall–Kier alpha value is -1.97. The SMILES string of the molecule is C=C(C)C(=O)O.CCC(CO)(CO)CO.CCCCCCCC(=O)O.CCCCCCCC(=O)O. The molecule has 0 radical (unpaired) electrons. The lowest BCUT2D eigenvalue weighted by Crippen LogP contribution is -2.32. The zero-order chi connectivity index (χ0) is 28.1. The molecule has 0 aromatic rings. The maximum absolute atomic E-state index is 10.0. The van der Waals surface area contributed by atoms with E-state index in [9.17, 15) is 14.4 Å². The van der Waals surface area contributed by atoms with Gasteiger partial charge in [0.05, 0.1) is 19.8 Å². The average molecular weight is 509 g/mol. The van der Waals surface area contributed by atoms with Crippen LogP contribution in [0.5, 0.6) is 0 Å². The molecule has 35 heavy (non-hydrogen) atoms. The Morgan fingerprint density at radius 1 is 0.629 bits per heavy atom. The van der Waals surface area contributed by atoms with Gasteiger partial charge in [-0.3, -0.25) is 9.59 Å². The topological polar surface area (TPSA) is 173 Å². The van der Waals surface area contributed by atoms with Crippen LogP contribution >= 0.6 is 0 Å². The molecular weight excluding hydrogens is 456 g/mol. The smallest absolute Gasteiger partial charge is 0.330 e. The first-order chi connectivity index (χ1) is 16.4. The van der Waals surface area contributed by atoms with E-state index >= 15 is 0 Å². The normalized spacial score (nSPS) is 9.91. The van der Waals surface area contributed by atoms with Crippen LogP contribution < -0.4 is 0 Å². The van der Waals surface area contributed by atoms with Gasteiger partial charge in [0.25, 0.3) is 0 Å². The van der Waals surface area contributed by atoms with Gasteiger partial charge in [0.1, 0.15) is 0 Å². The van der Waals surface area contributed by atoms with Crippen molar-refractivity contribution in [2.75, 3.05) is 19.8 Å². The van der Waals surface area contributed by atoms with E-state index in [0.717, 1.165) is 25.7 Å². The highest BCUT2D eigenvalue weighted by atomic mass is 16.4. The Labute approximate surface area is 211 Å². The fourth-order valence-corrected chi connectivity index (χ4v) is 2.24. The number of aliphatic hydroxyl groups is 3. The quantitative estimate of drug-likeness (QED) is 0.118. The standard InChI is InChI=1S/2C8H16O2.C6H14O3.C4H6O2/c2*1-2-3-4-5-6-7-8(9)10;1-2-6(3-7,4-8)5-9;1-3(2)4(5)6/h2*2-7H2,1H3,(H,9,10);7-9H,2-5H2,1H3;1H2,2H3,(H,5,6). The number of aliphatic hydroxyl groups excluding tert-OH is 3. The lowest BCUT2D eigenvalue weighted by atomic mass is 9.88. The highest BCUT2D eigenvalue weighted by Gasteiger charge is 2.24. The van der Waals surface area contributed by atoms with Gasteiger partial charge in [0.2, 0.25) is 0 Å². The van der Waals surface area contributed by atoms with Gasteiger partial charge in [-0.25, -0.2) is 4.79 Å². The molecule has 210 valence electrons. The van der Waals surface area contributed by atoms with Gasteiger partial charge in [0, 0.05) is 23.8 Å². The number of hydrogen-bond donors (Lipinski definition) is 6. The third-order valence-electron chi connectivity index (χ3n) is 5.11. The fraction of sp³-hybridized carbons (Fsp3) is 0.808. The molecule has 0 amide bonds. The van der Waals surface area contributed by atoms with Crippen molar-refractivity contribution < 1.29 is 45.0 Å². The molecule has 9 nitrogen and oxygen atoms in total. The lowest BCUT2D eigenvalue weighted by Gasteiger charge is -2.24. The van der Waals surface area contributed by atoms with Gasteiger partial charge in [-0.2, -0.15) is 0 Å². The molecular formula is C26H52O9. The summed E-state index contributed by atoms with van der Waals surface area (Å²) in [5.41, 5.74) is -0.491. The molecule has 9 heteroatoms. The summed E-state index contributed by atoms with van der Waals surface area (Å²) in [5, 5.41) is 50.4. The summed E-state index contributed by atoms with van der Waals surface area (Å²) in [6, 6.07) is 0. The summed E-state index contributed by atoms with van der Waals surface area (Å²) in [7, 11) is 0. The number of carboxylic acids is 3. The number of unbranched alkanes of at least 4 members (excludes halogenated alkanes) is 8. The van der Waals surface area contributed by atoms with Crippen LogP contribution in [0.2, 0.25) is 0 Å². The fourth-order valence-electron chi connectivity index (χ4n) is 2.24. The Kier molecular flexibility index (Phi) is 34.5. The van der Waals surface area contributed by atoms with E-state index in [1.54, 1.807) is 0 Å². The Morgan fingerprint density at radius 3 is 1.06 bits per heavy atom. The summed E-state index contributed by atoms with van der Waals surface area (Å²) in [5.74, 6) is -2.28. The van der Waals surface area contributed by atoms with Gasteiger partial charge in [0.15, 0.2) is 0 Å². The summed E-state index contributed by atoms with van der Waals surface area (Å²) in [6.07, 6.45) is 12.4. The third kappa shape index (κ3) is 36.8. The molecule has 0 bridgehead atoms. The summed E-state index contributed by atoms with van der Waals surface area (Å²) >= 11 is 0. The minimum atomic E-state index is -0.935. The lowest BCUT2D eigenvalue weighted by molar-refractivity contribution is -0.138. The molecule has 0 spiro atoms. The number of carboxylic acid groups (broad SMARTS) is 3. The number of rotatable bonds is 17. The molecule has 0 unspecified atom stereocenters. The minimum absolute atomic E-state index is 0.156. The van der Waals surface area contributed by atoms with Crippen LogP contribution in [0.3, 0.4) is 0 Å². The van der Waals surface area contributed by atoms with Gasteiger partial charge < -0.3 is 30.6 Å². The molecule has 0 aliphatic heterocycles. The molecule has 0 fully saturated rings. The van der Waals surface area contributed by atoms with Crippen LogP contribution in [-0.4, -0.2) is 68.4 Å². The number of carbonyl (C=O) groups is 3. The third-order valence-corrected chi connectivity index (χ3v) is 5.11. The highest BCUT2D eigenvalue weighted by molar-refractivity contribution is 5.84. The molecule has 0 aromatic heterocycles. The van der Waals surface area contributed by atoms with E-state index in [-0.39, 0.29) is 25.4 Å². The molecule has 0 saturated heterocycles. The molecule has 0 aliphatic carbocycles. The van der Waals surface area contributed by atoms with E-state index in [1.807, 2.05) is 6.92 Å². The zero-order valence-electron chi connectivity index (χ0n) is 22.4. The highest BCUT2D eigenvalue weighted by Crippen LogP contribution is 2.18. The average Bonchev–Trinajstić information content (AvgIpc) is 2.81. The number of aliphatic carboxylic acids is 3. The predicted octanol–water partition coefficient (Wildman–Crippen LogP) is 4.87. The first-order valence-electron chi connectivity index (χ1n) is 12.6. The molecule has 0 rings (SSSR count). The van der Waals surface area contributed by atoms with Crippen molar-refractivity contribution in [3.8, 4) is 0 Å². The van der Waals surface area contributed by atoms with Crippen molar-refractivity contribution >= 4 is 17.9 Å². The summed E-state index contributed by atoms with van der Waals surface area (Å²) in [6.45, 7) is 10.3. The second-order valence-corrected chi connectivity index (χ2v) is 8.53. The van der Waals surface area contributed by atoms with E-state index in [4.69, 9.17) is 30.6 Å². The second kappa shape index (κ2) is 30.1. The molecule has 0 heterocycles. The molecule has 6 N–H and O–H groups in total. The van der Waals surface area contributed by atoms with Crippen LogP contribution in [0.15, 0.2) is 12.2 Å². The number of hydrogen-bond acceptors (Lipinski definition) is 6. The maximum Gasteiger partial charge on any atom is 0.330 e. The van der Waals surface area contributed by atoms with Crippen LogP contribution in [-0.2, 0) is 14.4 Å². The van der Waals surface area contributed by atoms with Crippen LogP contribution in [0.1, 0.15) is 111 Å². The minimum Gasteiger partial charge on any atom is -0.481 e. The van der Waals surface area contributed by atoms with E-state index < -0.39 is 23.3 Å². The Morgan fingerprint density at radius 2 is 0.914 bits per heavy atom. The molecule has 0 aliphatic rings. The van der Waals surface area contributed by atoms with Gasteiger partial charge >= 0.3 is 17.9 Å². The van der Waals surface area contributed by atoms with Crippen LogP contribution in [0.25, 0.3) is 0 Å². The van der Waals surface area contributed by atoms with Crippen molar-refractivity contribution in [2.24, 2.45) is 5.41 Å². The van der Waals surface area contributed by atoms with Gasteiger partial charge in [-0.1, -0.05) is 78.7 Å². The van der Waals surface area contributed by atoms with Gasteiger partial charge in [-0.15, -0.1) is 0 Å².